The Bertz CT molecular complexity index is 1280. The molecule has 6 atom stereocenters. The number of phenols is 1. The second kappa shape index (κ2) is 11.0. The van der Waals surface area contributed by atoms with Crippen LogP contribution in [0.2, 0.25) is 0 Å². The van der Waals surface area contributed by atoms with Gasteiger partial charge in [0.1, 0.15) is 29.1 Å². The van der Waals surface area contributed by atoms with Crippen LogP contribution in [0.4, 0.5) is 10.5 Å². The fourth-order valence-corrected chi connectivity index (χ4v) is 5.44. The molecular formula is C28H38N4O8. The molecule has 0 heterocycles. The first-order valence-corrected chi connectivity index (χ1v) is 12.7. The molecule has 1 aliphatic carbocycles. The summed E-state index contributed by atoms with van der Waals surface area (Å²) in [7, 11) is 2.90. The number of Topliss-reactive ketones (excluding diaryl/α,β-unsaturated/α-hetero) is 1. The number of ketones is 1. The number of rotatable bonds is 8. The molecule has 1 fully saturated rings. The number of carbonyl (C=O) groups is 3. The maximum absolute atomic E-state index is 13.0. The molecule has 1 aliphatic rings. The predicted octanol–water partition coefficient (Wildman–Crippen LogP) is 0.755. The molecule has 12 heteroatoms. The topological polar surface area (TPSA) is 195 Å². The van der Waals surface area contributed by atoms with E-state index in [1.54, 1.807) is 37.3 Å². The summed E-state index contributed by atoms with van der Waals surface area (Å²) in [6, 6.07) is 7.34. The van der Waals surface area contributed by atoms with Crippen molar-refractivity contribution in [2.24, 2.45) is 5.73 Å². The molecule has 0 unspecified atom stereocenters. The number of benzene rings is 2. The number of hydrogen-bond donors (Lipinski definition) is 7. The molecule has 2 amide bonds. The number of esters is 1. The van der Waals surface area contributed by atoms with Crippen LogP contribution < -0.4 is 16.4 Å². The molecular weight excluding hydrogens is 520 g/mol. The van der Waals surface area contributed by atoms with Crippen molar-refractivity contribution in [2.45, 2.75) is 62.6 Å². The molecule has 3 rings (SSSR count). The number of nitrogens with two attached hydrogens (primary N) is 1. The molecule has 0 aromatic heterocycles. The number of anilines is 1. The van der Waals surface area contributed by atoms with Crippen molar-refractivity contribution in [3.8, 4) is 5.75 Å². The lowest BCUT2D eigenvalue weighted by molar-refractivity contribution is -0.186. The Kier molecular flexibility index (Phi) is 8.51. The number of hydrogen-bond acceptors (Lipinski definition) is 10. The summed E-state index contributed by atoms with van der Waals surface area (Å²) < 4.78 is 5.45. The van der Waals surface area contributed by atoms with Crippen LogP contribution in [-0.2, 0) is 4.74 Å². The first-order valence-electron chi connectivity index (χ1n) is 12.7. The summed E-state index contributed by atoms with van der Waals surface area (Å²) in [5.74, 6) is -1.53. The van der Waals surface area contributed by atoms with Crippen molar-refractivity contribution in [1.29, 1.82) is 0 Å². The zero-order valence-corrected chi connectivity index (χ0v) is 23.4. The highest BCUT2D eigenvalue weighted by Gasteiger charge is 2.76. The summed E-state index contributed by atoms with van der Waals surface area (Å²) in [6.07, 6.45) is -1.51. The molecule has 0 bridgehead atoms. The van der Waals surface area contributed by atoms with E-state index in [2.05, 4.69) is 10.6 Å². The van der Waals surface area contributed by atoms with Gasteiger partial charge in [0.05, 0.1) is 18.2 Å². The SMILES string of the molecule is CC(=O)c1cccc(N[C@@H]2[C@H](N)[C@](NC(=O)N(C)C)([C@@H](C)O)[C@@](C)(O)[C@]2(O)COC(=O)c2c(C)cccc2O)c1. The minimum Gasteiger partial charge on any atom is -0.507 e. The maximum atomic E-state index is 13.0. The van der Waals surface area contributed by atoms with Gasteiger partial charge in [-0.2, -0.15) is 0 Å². The number of urea groups is 1. The lowest BCUT2D eigenvalue weighted by atomic mass is 9.73. The standard InChI is InChI=1S/C28H38N4O8/c1-15-9-7-12-20(35)21(15)24(36)40-14-27(39)23(30-19-11-8-10-18(13-19)16(2)33)22(29)28(17(3)34,26(27,4)38)31-25(37)32(5)6/h7-13,17,22-23,30,34-35,38-39H,14,29H2,1-6H3,(H,31,37)/t17-,22+,23-,26+,27+,28-/m1/s1. The predicted molar refractivity (Wildman–Crippen MR) is 147 cm³/mol. The Labute approximate surface area is 232 Å². The van der Waals surface area contributed by atoms with Crippen LogP contribution in [0, 0.1) is 6.92 Å². The smallest absolute Gasteiger partial charge is 0.342 e. The fourth-order valence-electron chi connectivity index (χ4n) is 5.44. The highest BCUT2D eigenvalue weighted by atomic mass is 16.5. The van der Waals surface area contributed by atoms with Gasteiger partial charge in [-0.3, -0.25) is 4.79 Å². The highest BCUT2D eigenvalue weighted by molar-refractivity contribution is 5.95. The van der Waals surface area contributed by atoms with Gasteiger partial charge in [-0.15, -0.1) is 0 Å². The Morgan fingerprint density at radius 3 is 2.33 bits per heavy atom. The van der Waals surface area contributed by atoms with E-state index in [1.165, 1.54) is 51.9 Å². The van der Waals surface area contributed by atoms with E-state index in [1.807, 2.05) is 0 Å². The van der Waals surface area contributed by atoms with Crippen LogP contribution >= 0.6 is 0 Å². The van der Waals surface area contributed by atoms with Gasteiger partial charge in [0, 0.05) is 25.3 Å². The van der Waals surface area contributed by atoms with Crippen LogP contribution in [0.1, 0.15) is 47.1 Å². The number of aryl methyl sites for hydroxylation is 1. The molecule has 0 aliphatic heterocycles. The fraction of sp³-hybridized carbons (Fsp3) is 0.464. The van der Waals surface area contributed by atoms with Crippen molar-refractivity contribution < 1.29 is 39.5 Å². The molecule has 2 aromatic rings. The molecule has 8 N–H and O–H groups in total. The van der Waals surface area contributed by atoms with Gasteiger partial charge in [0.25, 0.3) is 0 Å². The van der Waals surface area contributed by atoms with E-state index in [0.29, 0.717) is 16.8 Å². The number of carbonyl (C=O) groups excluding carboxylic acids is 3. The highest BCUT2D eigenvalue weighted by Crippen LogP contribution is 2.49. The molecule has 40 heavy (non-hydrogen) atoms. The number of phenolic OH excluding ortho intramolecular Hbond substituents is 1. The summed E-state index contributed by atoms with van der Waals surface area (Å²) in [5.41, 5.74) is 0.728. The Morgan fingerprint density at radius 1 is 1.15 bits per heavy atom. The van der Waals surface area contributed by atoms with Gasteiger partial charge < -0.3 is 46.4 Å². The molecule has 218 valence electrons. The number of nitrogens with one attached hydrogen (secondary N) is 2. The van der Waals surface area contributed by atoms with Crippen molar-refractivity contribution in [3.05, 3.63) is 59.2 Å². The van der Waals surface area contributed by atoms with Crippen molar-refractivity contribution in [2.75, 3.05) is 26.0 Å². The van der Waals surface area contributed by atoms with Gasteiger partial charge in [-0.1, -0.05) is 24.3 Å². The largest absolute Gasteiger partial charge is 0.507 e. The van der Waals surface area contributed by atoms with E-state index in [-0.39, 0.29) is 17.1 Å². The zero-order chi connectivity index (χ0) is 30.2. The van der Waals surface area contributed by atoms with Crippen LogP contribution in [0.3, 0.4) is 0 Å². The van der Waals surface area contributed by atoms with Gasteiger partial charge in [-0.05, 0) is 51.5 Å². The third-order valence-electron chi connectivity index (χ3n) is 7.90. The number of nitrogens with zero attached hydrogens (tertiary/aromatic N) is 1. The molecule has 0 radical (unpaired) electrons. The van der Waals surface area contributed by atoms with Gasteiger partial charge in [-0.25, -0.2) is 9.59 Å². The minimum atomic E-state index is -2.43. The van der Waals surface area contributed by atoms with Crippen molar-refractivity contribution in [3.63, 3.8) is 0 Å². The number of aromatic hydroxyl groups is 1. The average Bonchev–Trinajstić information content (AvgIpc) is 2.99. The van der Waals surface area contributed by atoms with Gasteiger partial charge in [0.2, 0.25) is 0 Å². The van der Waals surface area contributed by atoms with Crippen LogP contribution in [-0.4, -0.2) is 98.7 Å². The molecule has 0 spiro atoms. The number of amides is 2. The summed E-state index contributed by atoms with van der Waals surface area (Å²) >= 11 is 0. The molecule has 2 aromatic carbocycles. The van der Waals surface area contributed by atoms with Gasteiger partial charge >= 0.3 is 12.0 Å². The zero-order valence-electron chi connectivity index (χ0n) is 23.4. The monoisotopic (exact) mass is 558 g/mol. The van der Waals surface area contributed by atoms with E-state index in [9.17, 15) is 34.8 Å². The van der Waals surface area contributed by atoms with Crippen LogP contribution in [0.5, 0.6) is 5.75 Å². The van der Waals surface area contributed by atoms with E-state index < -0.39 is 53.5 Å². The number of aliphatic hydroxyl groups is 3. The van der Waals surface area contributed by atoms with Crippen molar-refractivity contribution >= 4 is 23.5 Å². The molecule has 0 saturated heterocycles. The summed E-state index contributed by atoms with van der Waals surface area (Å²) in [5, 5.41) is 51.1. The second-order valence-corrected chi connectivity index (χ2v) is 10.7. The summed E-state index contributed by atoms with van der Waals surface area (Å²) in [6.45, 7) is 4.62. The average molecular weight is 559 g/mol. The normalized spacial score (nSPS) is 28.4. The Morgan fingerprint density at radius 2 is 1.77 bits per heavy atom. The van der Waals surface area contributed by atoms with Crippen molar-refractivity contribution in [1.82, 2.24) is 10.2 Å². The third-order valence-corrected chi connectivity index (χ3v) is 7.90. The van der Waals surface area contributed by atoms with Gasteiger partial charge in [0.15, 0.2) is 11.4 Å². The second-order valence-electron chi connectivity index (χ2n) is 10.7. The first kappa shape index (κ1) is 30.8. The minimum absolute atomic E-state index is 0.130. The third kappa shape index (κ3) is 4.99. The van der Waals surface area contributed by atoms with Crippen LogP contribution in [0.25, 0.3) is 0 Å². The van der Waals surface area contributed by atoms with E-state index in [0.717, 1.165) is 0 Å². The molecule has 1 saturated carbocycles. The first-order chi connectivity index (χ1) is 18.5. The Balaban J connectivity index is 2.13. The van der Waals surface area contributed by atoms with E-state index >= 15 is 0 Å². The quantitative estimate of drug-likeness (QED) is 0.179. The number of ether oxygens (including phenoxy) is 1. The number of aliphatic hydroxyl groups excluding tert-OH is 1. The summed E-state index contributed by atoms with van der Waals surface area (Å²) in [4.78, 5) is 39.0. The maximum Gasteiger partial charge on any atom is 0.342 e. The Hall–Kier alpha value is -3.71. The van der Waals surface area contributed by atoms with E-state index in [4.69, 9.17) is 10.5 Å². The van der Waals surface area contributed by atoms with Crippen LogP contribution in [0.15, 0.2) is 42.5 Å². The lowest BCUT2D eigenvalue weighted by Gasteiger charge is -2.48. The molecule has 12 nitrogen and oxygen atoms in total. The lowest BCUT2D eigenvalue weighted by Crippen LogP contribution is -2.76.